The summed E-state index contributed by atoms with van der Waals surface area (Å²) in [6.45, 7) is 0. The standard InChI is InChI=1S/C2H2As2/c3-1-2-4/h1-2H/b2-1+. The topological polar surface area (TPSA) is 0 Å². The monoisotopic (exact) mass is 176 g/mol. The van der Waals surface area contributed by atoms with Gasteiger partial charge in [0.2, 0.25) is 0 Å². The molecule has 2 heteroatoms. The van der Waals surface area contributed by atoms with Gasteiger partial charge in [-0.15, -0.1) is 0 Å². The molecule has 0 saturated heterocycles. The summed E-state index contributed by atoms with van der Waals surface area (Å²) in [5.41, 5.74) is 0. The molecule has 0 aliphatic carbocycles. The fraction of sp³-hybridized carbons (Fsp3) is 0. The fourth-order valence-corrected chi connectivity index (χ4v) is 0. The Bertz CT molecular complexity index is 19.2. The molecule has 0 N–H and O–H groups in total. The van der Waals surface area contributed by atoms with Gasteiger partial charge >= 0.3 is 43.4 Å². The van der Waals surface area contributed by atoms with E-state index in [-0.39, 0.29) is 0 Å². The van der Waals surface area contributed by atoms with E-state index in [4.69, 9.17) is 0 Å². The van der Waals surface area contributed by atoms with Gasteiger partial charge in [0.25, 0.3) is 0 Å². The molecule has 0 spiro atoms. The molecule has 0 fully saturated rings. The first-order valence-electron chi connectivity index (χ1n) is 0.850. The molecule has 0 amide bonds. The van der Waals surface area contributed by atoms with Crippen LogP contribution in [-0.2, 0) is 0 Å². The Labute approximate surface area is 43.7 Å². The molecule has 0 nitrogen and oxygen atoms in total. The van der Waals surface area contributed by atoms with E-state index in [0.717, 1.165) is 0 Å². The van der Waals surface area contributed by atoms with E-state index in [1.54, 1.807) is 0 Å². The van der Waals surface area contributed by atoms with E-state index in [2.05, 4.69) is 33.7 Å². The molecule has 0 rings (SSSR count). The molecule has 0 aromatic heterocycles. The quantitative estimate of drug-likeness (QED) is 0.448. The van der Waals surface area contributed by atoms with Crippen LogP contribution in [0.1, 0.15) is 0 Å². The molecule has 4 radical (unpaired) electrons. The van der Waals surface area contributed by atoms with E-state index >= 15 is 0 Å². The second kappa shape index (κ2) is 3.86. The van der Waals surface area contributed by atoms with Gasteiger partial charge in [0.15, 0.2) is 0 Å². The fourth-order valence-electron chi connectivity index (χ4n) is 0. The van der Waals surface area contributed by atoms with Crippen LogP contribution in [0.2, 0.25) is 0 Å². The van der Waals surface area contributed by atoms with Crippen LogP contribution in [0.4, 0.5) is 0 Å². The third kappa shape index (κ3) is 2.86. The SMILES string of the molecule is [As]/C=C/[As]. The summed E-state index contributed by atoms with van der Waals surface area (Å²) in [5, 5.41) is 0. The molecule has 0 bridgehead atoms. The van der Waals surface area contributed by atoms with Gasteiger partial charge in [0.1, 0.15) is 0 Å². The second-order valence-electron chi connectivity index (χ2n) is 0.298. The number of rotatable bonds is 0. The average molecular weight is 176 g/mol. The summed E-state index contributed by atoms with van der Waals surface area (Å²) in [6.07, 6.45) is 0. The molecule has 0 saturated carbocycles. The summed E-state index contributed by atoms with van der Waals surface area (Å²) >= 11 is 4.68. The Hall–Kier alpha value is 0.857. The molecular formula is C2H2As2. The van der Waals surface area contributed by atoms with E-state index < -0.39 is 0 Å². The van der Waals surface area contributed by atoms with E-state index in [1.165, 1.54) is 0 Å². The first-order chi connectivity index (χ1) is 1.91. The van der Waals surface area contributed by atoms with Crippen molar-refractivity contribution in [2.45, 2.75) is 0 Å². The third-order valence-corrected chi connectivity index (χ3v) is 1.80. The molecule has 0 unspecified atom stereocenters. The summed E-state index contributed by atoms with van der Waals surface area (Å²) < 4.78 is 0. The zero-order valence-electron chi connectivity index (χ0n) is 2.05. The van der Waals surface area contributed by atoms with E-state index in [9.17, 15) is 0 Å². The molecule has 20 valence electrons. The van der Waals surface area contributed by atoms with Gasteiger partial charge in [0, 0.05) is 0 Å². The molecule has 0 atom stereocenters. The minimum atomic E-state index is 1.91. The maximum absolute atomic E-state index is 2.34. The van der Waals surface area contributed by atoms with E-state index in [1.807, 2.05) is 9.73 Å². The Balaban J connectivity index is 2.55. The Kier molecular flexibility index (Phi) is 4.68. The minimum absolute atomic E-state index is 1.91. The van der Waals surface area contributed by atoms with E-state index in [0.29, 0.717) is 0 Å². The predicted octanol–water partition coefficient (Wildman–Crippen LogP) is -0.205. The zero-order valence-corrected chi connectivity index (χ0v) is 5.80. The van der Waals surface area contributed by atoms with Crippen LogP contribution < -0.4 is 0 Å². The first-order valence-corrected chi connectivity index (χ1v) is 3.02. The van der Waals surface area contributed by atoms with Gasteiger partial charge in [-0.3, -0.25) is 0 Å². The molecule has 0 aromatic rings. The van der Waals surface area contributed by atoms with Gasteiger partial charge < -0.3 is 0 Å². The van der Waals surface area contributed by atoms with Crippen molar-refractivity contribution in [3.8, 4) is 0 Å². The normalized spacial score (nSPS) is 9.50. The van der Waals surface area contributed by atoms with Crippen LogP contribution in [0.25, 0.3) is 0 Å². The van der Waals surface area contributed by atoms with Crippen molar-refractivity contribution in [3.05, 3.63) is 9.73 Å². The average Bonchev–Trinajstić information content (AvgIpc) is 1.37. The summed E-state index contributed by atoms with van der Waals surface area (Å²) in [4.78, 5) is 3.82. The second-order valence-corrected chi connectivity index (χ2v) is 1.55. The van der Waals surface area contributed by atoms with Crippen molar-refractivity contribution in [3.63, 3.8) is 0 Å². The van der Waals surface area contributed by atoms with Crippen molar-refractivity contribution < 1.29 is 0 Å². The van der Waals surface area contributed by atoms with Crippen molar-refractivity contribution in [2.24, 2.45) is 0 Å². The molecular weight excluding hydrogens is 174 g/mol. The molecule has 0 aliphatic heterocycles. The summed E-state index contributed by atoms with van der Waals surface area (Å²) in [6, 6.07) is 0. The third-order valence-electron chi connectivity index (χ3n) is 0.0667. The van der Waals surface area contributed by atoms with Gasteiger partial charge in [-0.25, -0.2) is 0 Å². The van der Waals surface area contributed by atoms with Crippen LogP contribution in [-0.4, -0.2) is 33.7 Å². The van der Waals surface area contributed by atoms with Crippen molar-refractivity contribution in [2.75, 3.05) is 0 Å². The Morgan fingerprint density at radius 1 is 1.00 bits per heavy atom. The predicted molar refractivity (Wildman–Crippen MR) is 20.6 cm³/mol. The maximum atomic E-state index is 2.34. The van der Waals surface area contributed by atoms with Crippen molar-refractivity contribution >= 4 is 33.7 Å². The molecule has 4 heavy (non-hydrogen) atoms. The van der Waals surface area contributed by atoms with Crippen LogP contribution in [0.15, 0.2) is 9.73 Å². The van der Waals surface area contributed by atoms with Crippen molar-refractivity contribution in [1.82, 2.24) is 0 Å². The number of hydrogen-bond donors (Lipinski definition) is 0. The molecule has 0 heterocycles. The van der Waals surface area contributed by atoms with Crippen molar-refractivity contribution in [1.29, 1.82) is 0 Å². The first kappa shape index (κ1) is 4.86. The van der Waals surface area contributed by atoms with Gasteiger partial charge in [-0.2, -0.15) is 0 Å². The van der Waals surface area contributed by atoms with Gasteiger partial charge in [-0.05, 0) is 0 Å². The van der Waals surface area contributed by atoms with Crippen LogP contribution in [0.3, 0.4) is 0 Å². The Morgan fingerprint density at radius 2 is 1.25 bits per heavy atom. The van der Waals surface area contributed by atoms with Gasteiger partial charge in [0.05, 0.1) is 0 Å². The van der Waals surface area contributed by atoms with Crippen LogP contribution >= 0.6 is 0 Å². The number of hydrogen-bond acceptors (Lipinski definition) is 0. The van der Waals surface area contributed by atoms with Crippen LogP contribution in [0, 0.1) is 0 Å². The zero-order chi connectivity index (χ0) is 3.41. The van der Waals surface area contributed by atoms with Gasteiger partial charge in [-0.1, -0.05) is 0 Å². The van der Waals surface area contributed by atoms with Crippen LogP contribution in [0.5, 0.6) is 0 Å². The summed E-state index contributed by atoms with van der Waals surface area (Å²) in [7, 11) is 0. The molecule has 0 aliphatic rings. The molecule has 0 aromatic carbocycles. The summed E-state index contributed by atoms with van der Waals surface area (Å²) in [5.74, 6) is 0. The Morgan fingerprint density at radius 3 is 1.25 bits per heavy atom.